The van der Waals surface area contributed by atoms with E-state index in [1.54, 1.807) is 29.1 Å². The van der Waals surface area contributed by atoms with E-state index in [-0.39, 0.29) is 17.8 Å². The van der Waals surface area contributed by atoms with Crippen LogP contribution in [0.25, 0.3) is 11.1 Å². The van der Waals surface area contributed by atoms with Gasteiger partial charge in [-0.3, -0.25) is 19.8 Å². The fraction of sp³-hybridized carbons (Fsp3) is 0.333. The molecule has 3 heterocycles. The number of benzene rings is 1. The first-order valence-corrected chi connectivity index (χ1v) is 9.94. The highest BCUT2D eigenvalue weighted by molar-refractivity contribution is 6.34. The van der Waals surface area contributed by atoms with Crippen molar-refractivity contribution < 1.29 is 14.4 Å². The fourth-order valence-electron chi connectivity index (χ4n) is 3.81. The van der Waals surface area contributed by atoms with Gasteiger partial charge in [0, 0.05) is 43.9 Å². The number of hydrogen-bond acceptors (Lipinski definition) is 4. The monoisotopic (exact) mass is 412 g/mol. The molecule has 29 heavy (non-hydrogen) atoms. The maximum Gasteiger partial charge on any atom is 0.325 e. The van der Waals surface area contributed by atoms with Gasteiger partial charge in [0.1, 0.15) is 5.82 Å². The van der Waals surface area contributed by atoms with Crippen molar-refractivity contribution in [1.29, 1.82) is 0 Å². The highest BCUT2D eigenvalue weighted by atomic mass is 35.5. The Hall–Kier alpha value is -2.93. The predicted octanol–water partition coefficient (Wildman–Crippen LogP) is 3.18. The van der Waals surface area contributed by atoms with Crippen molar-refractivity contribution in [1.82, 2.24) is 15.2 Å². The van der Waals surface area contributed by atoms with Crippen LogP contribution in [0.1, 0.15) is 30.7 Å². The summed E-state index contributed by atoms with van der Waals surface area (Å²) >= 11 is 6.65. The number of amides is 4. The molecule has 2 aromatic rings. The Balaban J connectivity index is 1.61. The van der Waals surface area contributed by atoms with E-state index in [1.807, 2.05) is 24.3 Å². The number of imide groups is 1. The summed E-state index contributed by atoms with van der Waals surface area (Å²) < 4.78 is 0. The third-order valence-electron chi connectivity index (χ3n) is 5.41. The van der Waals surface area contributed by atoms with Crippen molar-refractivity contribution in [2.24, 2.45) is 0 Å². The molecule has 7 nitrogen and oxygen atoms in total. The quantitative estimate of drug-likeness (QED) is 0.785. The van der Waals surface area contributed by atoms with Crippen LogP contribution < -0.4 is 10.2 Å². The summed E-state index contributed by atoms with van der Waals surface area (Å²) in [5, 5.41) is 2.85. The molecular formula is C21H21ClN4O3. The molecule has 2 fully saturated rings. The number of rotatable bonds is 3. The Morgan fingerprint density at radius 3 is 2.69 bits per heavy atom. The zero-order valence-corrected chi connectivity index (χ0v) is 16.8. The van der Waals surface area contributed by atoms with Crippen LogP contribution in [0.5, 0.6) is 0 Å². The summed E-state index contributed by atoms with van der Waals surface area (Å²) in [6, 6.07) is 9.15. The Labute approximate surface area is 173 Å². The Morgan fingerprint density at radius 2 is 1.97 bits per heavy atom. The van der Waals surface area contributed by atoms with E-state index >= 15 is 0 Å². The van der Waals surface area contributed by atoms with Gasteiger partial charge in [-0.15, -0.1) is 0 Å². The summed E-state index contributed by atoms with van der Waals surface area (Å²) in [5.41, 5.74) is 2.26. The molecule has 4 rings (SSSR count). The van der Waals surface area contributed by atoms with Gasteiger partial charge in [0.2, 0.25) is 11.8 Å². The minimum Gasteiger partial charge on any atom is -0.327 e. The maximum atomic E-state index is 12.3. The van der Waals surface area contributed by atoms with Crippen LogP contribution >= 0.6 is 11.6 Å². The molecule has 2 aliphatic rings. The van der Waals surface area contributed by atoms with Crippen molar-refractivity contribution in [3.05, 3.63) is 47.1 Å². The lowest BCUT2D eigenvalue weighted by molar-refractivity contribution is -0.134. The molecule has 0 spiro atoms. The number of hydrogen-bond donors (Lipinski definition) is 1. The molecule has 2 saturated heterocycles. The van der Waals surface area contributed by atoms with Gasteiger partial charge in [-0.2, -0.15) is 0 Å². The average molecular weight is 413 g/mol. The first-order valence-electron chi connectivity index (χ1n) is 9.57. The molecule has 1 aromatic heterocycles. The molecule has 1 unspecified atom stereocenters. The lowest BCUT2D eigenvalue weighted by Gasteiger charge is -2.32. The van der Waals surface area contributed by atoms with Crippen LogP contribution in [-0.4, -0.2) is 47.9 Å². The van der Waals surface area contributed by atoms with E-state index in [1.165, 1.54) is 0 Å². The van der Waals surface area contributed by atoms with E-state index in [2.05, 4.69) is 10.3 Å². The van der Waals surface area contributed by atoms with Crippen LogP contribution in [0.3, 0.4) is 0 Å². The summed E-state index contributed by atoms with van der Waals surface area (Å²) in [4.78, 5) is 43.8. The van der Waals surface area contributed by atoms with Crippen molar-refractivity contribution >= 4 is 35.3 Å². The number of pyridine rings is 1. The summed E-state index contributed by atoms with van der Waals surface area (Å²) in [6.45, 7) is 1.39. The zero-order valence-electron chi connectivity index (χ0n) is 16.0. The standard InChI is InChI=1S/C21H21ClN4O3/c1-25-10-3-11-26(21(25)29)17-8-6-13(12-23-17)14-4-2-5-15(19(14)22)16-7-9-18(27)24-20(16)28/h2,4-6,8,12,16H,3,7,9-11H2,1H3,(H,24,27,28). The minimum absolute atomic E-state index is 0.0608. The molecule has 0 aliphatic carbocycles. The van der Waals surface area contributed by atoms with E-state index in [0.717, 1.165) is 24.1 Å². The molecule has 2 aliphatic heterocycles. The van der Waals surface area contributed by atoms with Crippen molar-refractivity contribution in [2.75, 3.05) is 25.0 Å². The first kappa shape index (κ1) is 19.4. The second-order valence-corrected chi connectivity index (χ2v) is 7.70. The lowest BCUT2D eigenvalue weighted by atomic mass is 9.88. The topological polar surface area (TPSA) is 82.6 Å². The fourth-order valence-corrected chi connectivity index (χ4v) is 4.18. The number of carbonyl (C=O) groups is 3. The Kier molecular flexibility index (Phi) is 5.24. The van der Waals surface area contributed by atoms with Crippen LogP contribution in [0.15, 0.2) is 36.5 Å². The van der Waals surface area contributed by atoms with Gasteiger partial charge in [-0.25, -0.2) is 9.78 Å². The molecule has 150 valence electrons. The Morgan fingerprint density at radius 1 is 1.14 bits per heavy atom. The van der Waals surface area contributed by atoms with E-state index in [0.29, 0.717) is 35.8 Å². The third kappa shape index (κ3) is 3.70. The zero-order chi connectivity index (χ0) is 20.5. The number of carbonyl (C=O) groups excluding carboxylic acids is 3. The van der Waals surface area contributed by atoms with Crippen molar-refractivity contribution in [2.45, 2.75) is 25.2 Å². The maximum absolute atomic E-state index is 12.3. The molecule has 1 N–H and O–H groups in total. The summed E-state index contributed by atoms with van der Waals surface area (Å²) in [6.07, 6.45) is 3.32. The Bertz CT molecular complexity index is 976. The van der Waals surface area contributed by atoms with E-state index in [4.69, 9.17) is 11.6 Å². The molecule has 8 heteroatoms. The van der Waals surface area contributed by atoms with Gasteiger partial charge in [0.05, 0.1) is 10.9 Å². The van der Waals surface area contributed by atoms with Gasteiger partial charge in [0.25, 0.3) is 0 Å². The smallest absolute Gasteiger partial charge is 0.325 e. The van der Waals surface area contributed by atoms with E-state index < -0.39 is 5.92 Å². The largest absolute Gasteiger partial charge is 0.327 e. The van der Waals surface area contributed by atoms with Crippen LogP contribution in [0, 0.1) is 0 Å². The van der Waals surface area contributed by atoms with Crippen molar-refractivity contribution in [3.63, 3.8) is 0 Å². The number of halogens is 1. The highest BCUT2D eigenvalue weighted by Crippen LogP contribution is 2.37. The summed E-state index contributed by atoms with van der Waals surface area (Å²) in [5.74, 6) is -0.422. The lowest BCUT2D eigenvalue weighted by Crippen LogP contribution is -2.47. The van der Waals surface area contributed by atoms with Crippen molar-refractivity contribution in [3.8, 4) is 11.1 Å². The number of nitrogens with one attached hydrogen (secondary N) is 1. The molecular weight excluding hydrogens is 392 g/mol. The number of nitrogens with zero attached hydrogens (tertiary/aromatic N) is 3. The van der Waals surface area contributed by atoms with Crippen LogP contribution in [0.2, 0.25) is 5.02 Å². The average Bonchev–Trinajstić information content (AvgIpc) is 2.71. The summed E-state index contributed by atoms with van der Waals surface area (Å²) in [7, 11) is 1.78. The number of aromatic nitrogens is 1. The number of anilines is 1. The van der Waals surface area contributed by atoms with Gasteiger partial charge in [0.15, 0.2) is 0 Å². The normalized spacial score (nSPS) is 20.1. The van der Waals surface area contributed by atoms with Crippen LogP contribution in [0.4, 0.5) is 10.6 Å². The van der Waals surface area contributed by atoms with Gasteiger partial charge in [-0.05, 0) is 30.5 Å². The molecule has 1 aromatic carbocycles. The SMILES string of the molecule is CN1CCCN(c2ccc(-c3cccc(C4CCC(=O)NC4=O)c3Cl)cn2)C1=O. The number of urea groups is 1. The molecule has 4 amide bonds. The van der Waals surface area contributed by atoms with Crippen LogP contribution in [-0.2, 0) is 9.59 Å². The van der Waals surface area contributed by atoms with Gasteiger partial charge < -0.3 is 4.90 Å². The van der Waals surface area contributed by atoms with E-state index in [9.17, 15) is 14.4 Å². The molecule has 1 atom stereocenters. The second kappa shape index (κ2) is 7.83. The number of piperidine rings is 1. The third-order valence-corrected chi connectivity index (χ3v) is 5.83. The first-order chi connectivity index (χ1) is 14.0. The van der Waals surface area contributed by atoms with Gasteiger partial charge in [-0.1, -0.05) is 29.8 Å². The highest BCUT2D eigenvalue weighted by Gasteiger charge is 2.30. The molecule has 0 bridgehead atoms. The minimum atomic E-state index is -0.450. The molecule has 0 radical (unpaired) electrons. The van der Waals surface area contributed by atoms with Gasteiger partial charge >= 0.3 is 6.03 Å². The predicted molar refractivity (Wildman–Crippen MR) is 110 cm³/mol. The molecule has 0 saturated carbocycles. The second-order valence-electron chi connectivity index (χ2n) is 7.33.